The molecule has 1 atom stereocenters. The van der Waals surface area contributed by atoms with E-state index in [0.29, 0.717) is 19.6 Å². The molecular weight excluding hydrogens is 465 g/mol. The first-order valence-corrected chi connectivity index (χ1v) is 10.1. The molecule has 0 saturated carbocycles. The molecule has 0 saturated heterocycles. The molecule has 1 rings (SSSR count). The molecule has 160 valence electrons. The van der Waals surface area contributed by atoms with E-state index in [-0.39, 0.29) is 41.8 Å². The van der Waals surface area contributed by atoms with Gasteiger partial charge in [0.1, 0.15) is 0 Å². The van der Waals surface area contributed by atoms with Crippen molar-refractivity contribution >= 4 is 35.8 Å². The summed E-state index contributed by atoms with van der Waals surface area (Å²) in [7, 11) is 0. The number of carbonyl (C=O) groups is 1. The first-order chi connectivity index (χ1) is 13.0. The maximum absolute atomic E-state index is 11.6. The summed E-state index contributed by atoms with van der Waals surface area (Å²) in [4.78, 5) is 18.9. The van der Waals surface area contributed by atoms with E-state index in [0.717, 1.165) is 25.6 Å². The van der Waals surface area contributed by atoms with Crippen molar-refractivity contribution in [2.24, 2.45) is 10.9 Å². The number of benzene rings is 1. The molecule has 0 aliphatic carbocycles. The molecule has 1 aromatic rings. The predicted octanol–water partition coefficient (Wildman–Crippen LogP) is 3.01. The number of amides is 1. The van der Waals surface area contributed by atoms with E-state index in [1.54, 1.807) is 0 Å². The Morgan fingerprint density at radius 2 is 1.61 bits per heavy atom. The van der Waals surface area contributed by atoms with Crippen LogP contribution in [0.4, 0.5) is 0 Å². The molecule has 1 unspecified atom stereocenters. The van der Waals surface area contributed by atoms with Crippen molar-refractivity contribution in [1.82, 2.24) is 20.9 Å². The van der Waals surface area contributed by atoms with Crippen molar-refractivity contribution < 1.29 is 4.79 Å². The van der Waals surface area contributed by atoms with E-state index < -0.39 is 0 Å². The Bertz CT molecular complexity index is 561. The van der Waals surface area contributed by atoms with Crippen molar-refractivity contribution in [2.75, 3.05) is 39.3 Å². The molecule has 7 heteroatoms. The number of halogens is 1. The quantitative estimate of drug-likeness (QED) is 0.188. The number of likely N-dealkylation sites (N-methyl/N-ethyl adjacent to an activating group) is 1. The second-order valence-electron chi connectivity index (χ2n) is 6.74. The highest BCUT2D eigenvalue weighted by molar-refractivity contribution is 14.0. The smallest absolute Gasteiger partial charge is 0.222 e. The SMILES string of the molecule is CCNC(=NCC(c1ccccc1)N(CC)CC)NCCNC(=O)C(C)C.I. The van der Waals surface area contributed by atoms with Crippen LogP contribution < -0.4 is 16.0 Å². The first-order valence-electron chi connectivity index (χ1n) is 10.1. The van der Waals surface area contributed by atoms with Gasteiger partial charge in [-0.25, -0.2) is 0 Å². The molecule has 0 spiro atoms. The summed E-state index contributed by atoms with van der Waals surface area (Å²) in [5, 5.41) is 9.50. The predicted molar refractivity (Wildman–Crippen MR) is 129 cm³/mol. The first kappa shape index (κ1) is 26.6. The third kappa shape index (κ3) is 9.73. The molecule has 0 aromatic heterocycles. The number of aliphatic imine (C=N–C) groups is 1. The van der Waals surface area contributed by atoms with Crippen LogP contribution in [0.5, 0.6) is 0 Å². The Balaban J connectivity index is 0.00000729. The van der Waals surface area contributed by atoms with E-state index in [1.165, 1.54) is 5.56 Å². The van der Waals surface area contributed by atoms with Crippen LogP contribution in [0.3, 0.4) is 0 Å². The maximum atomic E-state index is 11.6. The molecule has 0 radical (unpaired) electrons. The van der Waals surface area contributed by atoms with Crippen LogP contribution >= 0.6 is 24.0 Å². The summed E-state index contributed by atoms with van der Waals surface area (Å²) in [6.07, 6.45) is 0. The van der Waals surface area contributed by atoms with Gasteiger partial charge in [0.05, 0.1) is 12.6 Å². The third-order valence-electron chi connectivity index (χ3n) is 4.45. The fourth-order valence-electron chi connectivity index (χ4n) is 2.86. The number of nitrogens with one attached hydrogen (secondary N) is 3. The standard InChI is InChI=1S/C21H37N5O.HI/c1-6-22-21(24-15-14-23-20(27)17(4)5)25-16-19(26(7-2)8-3)18-12-10-9-11-13-18;/h9-13,17,19H,6-8,14-16H2,1-5H3,(H,23,27)(H2,22,24,25);1H. The van der Waals surface area contributed by atoms with Gasteiger partial charge in [-0.05, 0) is 25.6 Å². The molecule has 1 aromatic carbocycles. The zero-order chi connectivity index (χ0) is 20.1. The lowest BCUT2D eigenvalue weighted by Gasteiger charge is -2.29. The molecule has 3 N–H and O–H groups in total. The minimum Gasteiger partial charge on any atom is -0.357 e. The summed E-state index contributed by atoms with van der Waals surface area (Å²) in [6, 6.07) is 10.8. The van der Waals surface area contributed by atoms with Crippen molar-refractivity contribution in [3.8, 4) is 0 Å². The molecule has 0 heterocycles. The van der Waals surface area contributed by atoms with Crippen molar-refractivity contribution in [3.63, 3.8) is 0 Å². The van der Waals surface area contributed by atoms with Crippen LogP contribution in [0.15, 0.2) is 35.3 Å². The number of rotatable bonds is 11. The highest BCUT2D eigenvalue weighted by Crippen LogP contribution is 2.20. The topological polar surface area (TPSA) is 68.8 Å². The van der Waals surface area contributed by atoms with Crippen molar-refractivity contribution in [2.45, 2.75) is 40.7 Å². The van der Waals surface area contributed by atoms with Gasteiger partial charge in [0.2, 0.25) is 5.91 Å². The summed E-state index contributed by atoms with van der Waals surface area (Å²) < 4.78 is 0. The van der Waals surface area contributed by atoms with Gasteiger partial charge in [-0.2, -0.15) is 0 Å². The lowest BCUT2D eigenvalue weighted by Crippen LogP contribution is -2.42. The summed E-state index contributed by atoms with van der Waals surface area (Å²) in [5.41, 5.74) is 1.28. The molecule has 0 bridgehead atoms. The summed E-state index contributed by atoms with van der Waals surface area (Å²) >= 11 is 0. The van der Waals surface area contributed by atoms with E-state index in [1.807, 2.05) is 19.9 Å². The second kappa shape index (κ2) is 15.6. The molecular formula is C21H38IN5O. The highest BCUT2D eigenvalue weighted by Gasteiger charge is 2.17. The molecule has 0 aliphatic rings. The largest absolute Gasteiger partial charge is 0.357 e. The molecule has 0 aliphatic heterocycles. The fourth-order valence-corrected chi connectivity index (χ4v) is 2.86. The Kier molecular flexibility index (Phi) is 14.8. The summed E-state index contributed by atoms with van der Waals surface area (Å²) in [6.45, 7) is 14.9. The maximum Gasteiger partial charge on any atom is 0.222 e. The van der Waals surface area contributed by atoms with Gasteiger partial charge >= 0.3 is 0 Å². The van der Waals surface area contributed by atoms with Crippen molar-refractivity contribution in [3.05, 3.63) is 35.9 Å². The van der Waals surface area contributed by atoms with Crippen molar-refractivity contribution in [1.29, 1.82) is 0 Å². The van der Waals surface area contributed by atoms with Gasteiger partial charge in [0.25, 0.3) is 0 Å². The van der Waals surface area contributed by atoms with Crippen LogP contribution in [-0.2, 0) is 4.79 Å². The molecule has 0 fully saturated rings. The van der Waals surface area contributed by atoms with Gasteiger partial charge < -0.3 is 16.0 Å². The van der Waals surface area contributed by atoms with Crippen LogP contribution in [0, 0.1) is 5.92 Å². The Hall–Kier alpha value is -1.35. The number of guanidine groups is 1. The monoisotopic (exact) mass is 503 g/mol. The van der Waals surface area contributed by atoms with E-state index >= 15 is 0 Å². The van der Waals surface area contributed by atoms with E-state index in [9.17, 15) is 4.79 Å². The zero-order valence-corrected chi connectivity index (χ0v) is 20.3. The minimum atomic E-state index is 0. The average molecular weight is 503 g/mol. The molecule has 28 heavy (non-hydrogen) atoms. The number of carbonyl (C=O) groups excluding carboxylic acids is 1. The van der Waals surface area contributed by atoms with Gasteiger partial charge in [-0.15, -0.1) is 24.0 Å². The van der Waals surface area contributed by atoms with Crippen LogP contribution in [0.2, 0.25) is 0 Å². The van der Waals surface area contributed by atoms with E-state index in [2.05, 4.69) is 65.9 Å². The number of nitrogens with zero attached hydrogens (tertiary/aromatic N) is 2. The Labute approximate surface area is 188 Å². The Morgan fingerprint density at radius 3 is 2.14 bits per heavy atom. The van der Waals surface area contributed by atoms with Gasteiger partial charge in [-0.3, -0.25) is 14.7 Å². The summed E-state index contributed by atoms with van der Waals surface area (Å²) in [5.74, 6) is 0.862. The normalized spacial score (nSPS) is 12.5. The lowest BCUT2D eigenvalue weighted by atomic mass is 10.1. The van der Waals surface area contributed by atoms with Crippen LogP contribution in [-0.4, -0.2) is 56.0 Å². The molecule has 6 nitrogen and oxygen atoms in total. The second-order valence-corrected chi connectivity index (χ2v) is 6.74. The number of hydrogen-bond donors (Lipinski definition) is 3. The minimum absolute atomic E-state index is 0. The Morgan fingerprint density at radius 1 is 1.00 bits per heavy atom. The van der Waals surface area contributed by atoms with E-state index in [4.69, 9.17) is 4.99 Å². The van der Waals surface area contributed by atoms with Gasteiger partial charge in [0.15, 0.2) is 5.96 Å². The third-order valence-corrected chi connectivity index (χ3v) is 4.45. The van der Waals surface area contributed by atoms with Gasteiger partial charge in [0, 0.05) is 25.6 Å². The van der Waals surface area contributed by atoms with Gasteiger partial charge in [-0.1, -0.05) is 58.0 Å². The number of hydrogen-bond acceptors (Lipinski definition) is 3. The highest BCUT2D eigenvalue weighted by atomic mass is 127. The van der Waals surface area contributed by atoms with Crippen LogP contribution in [0.1, 0.15) is 46.2 Å². The lowest BCUT2D eigenvalue weighted by molar-refractivity contribution is -0.123. The zero-order valence-electron chi connectivity index (χ0n) is 18.0. The average Bonchev–Trinajstić information content (AvgIpc) is 2.68. The molecule has 1 amide bonds. The fraction of sp³-hybridized carbons (Fsp3) is 0.619. The van der Waals surface area contributed by atoms with Crippen LogP contribution in [0.25, 0.3) is 0 Å².